The Morgan fingerprint density at radius 1 is 1.41 bits per heavy atom. The van der Waals surface area contributed by atoms with Crippen molar-refractivity contribution in [1.29, 1.82) is 0 Å². The fourth-order valence-corrected chi connectivity index (χ4v) is 1.95. The third-order valence-electron chi connectivity index (χ3n) is 2.69. The summed E-state index contributed by atoms with van der Waals surface area (Å²) in [7, 11) is 3.90. The highest BCUT2D eigenvalue weighted by molar-refractivity contribution is 5.89. The van der Waals surface area contributed by atoms with Crippen LogP contribution in [0, 0.1) is 0 Å². The Hall–Kier alpha value is -1.91. The minimum atomic E-state index is 0.158. The Bertz CT molecular complexity index is 557. The molecule has 0 saturated heterocycles. The molecule has 2 heterocycles. The van der Waals surface area contributed by atoms with Crippen LogP contribution in [0.1, 0.15) is 30.5 Å². The molecule has 0 atom stereocenters. The summed E-state index contributed by atoms with van der Waals surface area (Å²) in [5.41, 5.74) is 2.50. The number of nitrogens with zero attached hydrogens (tertiary/aromatic N) is 4. The lowest BCUT2D eigenvalue weighted by Gasteiger charge is -2.13. The van der Waals surface area contributed by atoms with Gasteiger partial charge in [-0.2, -0.15) is 0 Å². The average Bonchev–Trinajstić information content (AvgIpc) is 2.66. The molecular formula is C12H16N4O. The molecule has 0 fully saturated rings. The van der Waals surface area contributed by atoms with Crippen molar-refractivity contribution in [3.05, 3.63) is 18.1 Å². The van der Waals surface area contributed by atoms with Gasteiger partial charge in [-0.15, -0.1) is 0 Å². The lowest BCUT2D eigenvalue weighted by Crippen LogP contribution is -2.09. The number of imidazole rings is 1. The second-order valence-corrected chi connectivity index (χ2v) is 4.45. The van der Waals surface area contributed by atoms with Crippen LogP contribution in [-0.4, -0.2) is 34.9 Å². The number of aromatic nitrogens is 3. The van der Waals surface area contributed by atoms with E-state index in [1.807, 2.05) is 43.5 Å². The maximum atomic E-state index is 11.1. The first-order valence-electron chi connectivity index (χ1n) is 5.55. The van der Waals surface area contributed by atoms with Gasteiger partial charge in [0.25, 0.3) is 0 Å². The van der Waals surface area contributed by atoms with E-state index in [1.165, 1.54) is 0 Å². The number of carbonyl (C=O) groups excluding carboxylic acids is 1. The van der Waals surface area contributed by atoms with Gasteiger partial charge in [-0.25, -0.2) is 9.97 Å². The van der Waals surface area contributed by atoms with Crippen molar-refractivity contribution in [1.82, 2.24) is 14.5 Å². The zero-order valence-electron chi connectivity index (χ0n) is 10.5. The third-order valence-corrected chi connectivity index (χ3v) is 2.69. The Morgan fingerprint density at radius 3 is 2.65 bits per heavy atom. The number of hydrogen-bond donors (Lipinski definition) is 0. The molecule has 0 aliphatic heterocycles. The van der Waals surface area contributed by atoms with Gasteiger partial charge >= 0.3 is 0 Å². The molecule has 0 spiro atoms. The maximum Gasteiger partial charge on any atom is 0.185 e. The Morgan fingerprint density at radius 2 is 2.12 bits per heavy atom. The number of fused-ring (bicyclic) bond motifs is 1. The predicted molar refractivity (Wildman–Crippen MR) is 67.6 cm³/mol. The molecule has 0 aromatic carbocycles. The van der Waals surface area contributed by atoms with Crippen LogP contribution in [0.2, 0.25) is 0 Å². The number of hydrogen-bond acceptors (Lipinski definition) is 4. The minimum absolute atomic E-state index is 0.158. The molecule has 0 N–H and O–H groups in total. The molecular weight excluding hydrogens is 216 g/mol. The fraction of sp³-hybridized carbons (Fsp3) is 0.417. The van der Waals surface area contributed by atoms with Crippen LogP contribution >= 0.6 is 0 Å². The van der Waals surface area contributed by atoms with Crippen LogP contribution < -0.4 is 4.90 Å². The molecule has 5 nitrogen and oxygen atoms in total. The van der Waals surface area contributed by atoms with E-state index in [0.717, 1.165) is 23.1 Å². The van der Waals surface area contributed by atoms with Crippen molar-refractivity contribution in [2.75, 3.05) is 19.0 Å². The Kier molecular flexibility index (Phi) is 2.83. The molecule has 0 saturated carbocycles. The van der Waals surface area contributed by atoms with E-state index in [1.54, 1.807) is 6.20 Å². The summed E-state index contributed by atoms with van der Waals surface area (Å²) in [4.78, 5) is 21.7. The summed E-state index contributed by atoms with van der Waals surface area (Å²) in [6.45, 7) is 4.02. The number of carbonyl (C=O) groups is 1. The highest BCUT2D eigenvalue weighted by Crippen LogP contribution is 2.25. The predicted octanol–water partition coefficient (Wildman–Crippen LogP) is 1.89. The molecule has 0 unspecified atom stereocenters. The summed E-state index contributed by atoms with van der Waals surface area (Å²) in [6.07, 6.45) is 2.52. The number of aldehydes is 1. The van der Waals surface area contributed by atoms with E-state index < -0.39 is 0 Å². The van der Waals surface area contributed by atoms with E-state index in [9.17, 15) is 4.79 Å². The highest BCUT2D eigenvalue weighted by Gasteiger charge is 2.16. The normalized spacial score (nSPS) is 11.1. The van der Waals surface area contributed by atoms with Crippen molar-refractivity contribution < 1.29 is 4.79 Å². The first-order valence-corrected chi connectivity index (χ1v) is 5.55. The van der Waals surface area contributed by atoms with E-state index in [0.29, 0.717) is 5.82 Å². The second kappa shape index (κ2) is 4.16. The molecule has 2 aromatic heterocycles. The van der Waals surface area contributed by atoms with Gasteiger partial charge in [-0.1, -0.05) is 0 Å². The monoisotopic (exact) mass is 232 g/mol. The SMILES string of the molecule is CC(C)n1c(C=O)nc2c(N(C)C)ccnc21. The molecule has 0 aliphatic carbocycles. The van der Waals surface area contributed by atoms with E-state index in [-0.39, 0.29) is 6.04 Å². The molecule has 0 aliphatic rings. The van der Waals surface area contributed by atoms with Gasteiger partial charge in [-0.3, -0.25) is 4.79 Å². The standard InChI is InChI=1S/C12H16N4O/c1-8(2)16-10(7-17)14-11-9(15(3)4)5-6-13-12(11)16/h5-8H,1-4H3. The molecule has 0 bridgehead atoms. The van der Waals surface area contributed by atoms with Gasteiger partial charge in [0.2, 0.25) is 0 Å². The topological polar surface area (TPSA) is 51.0 Å². The van der Waals surface area contributed by atoms with Gasteiger partial charge < -0.3 is 9.47 Å². The van der Waals surface area contributed by atoms with Crippen molar-refractivity contribution in [3.8, 4) is 0 Å². The lowest BCUT2D eigenvalue weighted by molar-refractivity contribution is 0.111. The summed E-state index contributed by atoms with van der Waals surface area (Å²) in [5.74, 6) is 0.428. The second-order valence-electron chi connectivity index (χ2n) is 4.45. The third kappa shape index (κ3) is 1.77. The van der Waals surface area contributed by atoms with E-state index in [2.05, 4.69) is 9.97 Å². The lowest BCUT2D eigenvalue weighted by atomic mass is 10.3. The van der Waals surface area contributed by atoms with Crippen LogP contribution in [0.15, 0.2) is 12.3 Å². The molecule has 17 heavy (non-hydrogen) atoms. The molecule has 90 valence electrons. The minimum Gasteiger partial charge on any atom is -0.376 e. The van der Waals surface area contributed by atoms with Crippen LogP contribution in [0.3, 0.4) is 0 Å². The Labute approximate surface area is 100 Å². The first-order chi connectivity index (χ1) is 8.06. The molecule has 2 aromatic rings. The first kappa shape index (κ1) is 11.6. The Balaban J connectivity index is 2.82. The molecule has 5 heteroatoms. The zero-order valence-corrected chi connectivity index (χ0v) is 10.5. The molecule has 2 rings (SSSR count). The number of rotatable bonds is 3. The fourth-order valence-electron chi connectivity index (χ4n) is 1.95. The van der Waals surface area contributed by atoms with E-state index in [4.69, 9.17) is 0 Å². The van der Waals surface area contributed by atoms with Gasteiger partial charge in [0, 0.05) is 26.3 Å². The largest absolute Gasteiger partial charge is 0.376 e. The van der Waals surface area contributed by atoms with Crippen molar-refractivity contribution in [2.45, 2.75) is 19.9 Å². The zero-order chi connectivity index (χ0) is 12.6. The van der Waals surface area contributed by atoms with Gasteiger partial charge in [0.15, 0.2) is 17.8 Å². The van der Waals surface area contributed by atoms with E-state index >= 15 is 0 Å². The summed E-state index contributed by atoms with van der Waals surface area (Å²) in [5, 5.41) is 0. The molecule has 0 radical (unpaired) electrons. The van der Waals surface area contributed by atoms with Crippen LogP contribution in [-0.2, 0) is 0 Å². The summed E-state index contributed by atoms with van der Waals surface area (Å²) in [6, 6.07) is 2.05. The van der Waals surface area contributed by atoms with Gasteiger partial charge in [0.05, 0.1) is 5.69 Å². The van der Waals surface area contributed by atoms with Gasteiger partial charge in [-0.05, 0) is 19.9 Å². The van der Waals surface area contributed by atoms with Gasteiger partial charge in [0.1, 0.15) is 5.52 Å². The van der Waals surface area contributed by atoms with Crippen molar-refractivity contribution >= 4 is 23.1 Å². The van der Waals surface area contributed by atoms with Crippen molar-refractivity contribution in [3.63, 3.8) is 0 Å². The average molecular weight is 232 g/mol. The quantitative estimate of drug-likeness (QED) is 0.758. The molecule has 0 amide bonds. The smallest absolute Gasteiger partial charge is 0.185 e. The summed E-state index contributed by atoms with van der Waals surface area (Å²) >= 11 is 0. The number of anilines is 1. The van der Waals surface area contributed by atoms with Crippen molar-refractivity contribution in [2.24, 2.45) is 0 Å². The number of pyridine rings is 1. The van der Waals surface area contributed by atoms with Crippen LogP contribution in [0.4, 0.5) is 5.69 Å². The van der Waals surface area contributed by atoms with Crippen LogP contribution in [0.25, 0.3) is 11.2 Å². The summed E-state index contributed by atoms with van der Waals surface area (Å²) < 4.78 is 1.86. The highest BCUT2D eigenvalue weighted by atomic mass is 16.1. The maximum absolute atomic E-state index is 11.1. The van der Waals surface area contributed by atoms with Crippen LogP contribution in [0.5, 0.6) is 0 Å².